The number of nitrogens with zero attached hydrogens (tertiary/aromatic N) is 3. The van der Waals surface area contributed by atoms with Gasteiger partial charge in [-0.2, -0.15) is 0 Å². The van der Waals surface area contributed by atoms with Gasteiger partial charge >= 0.3 is 320 Å². The van der Waals surface area contributed by atoms with Crippen LogP contribution in [-0.4, -0.2) is 16.5 Å². The van der Waals surface area contributed by atoms with Gasteiger partial charge < -0.3 is 0 Å². The van der Waals surface area contributed by atoms with E-state index in [0.717, 1.165) is 55.7 Å². The van der Waals surface area contributed by atoms with Gasteiger partial charge in [0, 0.05) is 0 Å². The van der Waals surface area contributed by atoms with Crippen LogP contribution >= 0.6 is 0 Å². The van der Waals surface area contributed by atoms with Gasteiger partial charge in [0.25, 0.3) is 0 Å². The second-order valence-corrected chi connectivity index (χ2v) is 17.1. The molecule has 4 heteroatoms. The monoisotopic (exact) mass is 803 g/mol. The zero-order chi connectivity index (χ0) is 42.1. The Hall–Kier alpha value is -7.82. The Balaban J connectivity index is 1.04. The molecule has 1 aliphatic carbocycles. The Morgan fingerprint density at radius 1 is 0.444 bits per heavy atom. The van der Waals surface area contributed by atoms with E-state index in [1.54, 1.807) is 0 Å². The molecule has 0 aliphatic heterocycles. The van der Waals surface area contributed by atoms with Crippen molar-refractivity contribution < 1.29 is 0 Å². The number of para-hydroxylation sites is 2. The van der Waals surface area contributed by atoms with Crippen LogP contribution in [0.15, 0.2) is 218 Å². The van der Waals surface area contributed by atoms with Gasteiger partial charge in [0.05, 0.1) is 0 Å². The molecule has 0 atom stereocenters. The van der Waals surface area contributed by atoms with E-state index in [4.69, 9.17) is 4.98 Å². The van der Waals surface area contributed by atoms with Gasteiger partial charge in [-0.25, -0.2) is 0 Å². The maximum absolute atomic E-state index is 5.58. The second kappa shape index (κ2) is 14.7. The van der Waals surface area contributed by atoms with Crippen molar-refractivity contribution >= 4 is 56.4 Å². The molecule has 12 rings (SSSR count). The van der Waals surface area contributed by atoms with Gasteiger partial charge in [0.15, 0.2) is 0 Å². The van der Waals surface area contributed by atoms with Gasteiger partial charge in [-0.15, -0.1) is 0 Å². The van der Waals surface area contributed by atoms with E-state index in [-0.39, 0.29) is 5.41 Å². The summed E-state index contributed by atoms with van der Waals surface area (Å²) in [4.78, 5) is 8.04. The van der Waals surface area contributed by atoms with E-state index in [1.807, 2.05) is 0 Å². The first-order valence-corrected chi connectivity index (χ1v) is 21.8. The Labute approximate surface area is 368 Å². The van der Waals surface area contributed by atoms with Crippen molar-refractivity contribution in [2.45, 2.75) is 19.3 Å². The Kier molecular flexibility index (Phi) is 8.62. The second-order valence-electron chi connectivity index (χ2n) is 17.1. The molecule has 0 fully saturated rings. The normalized spacial score (nSPS) is 12.7. The molecule has 0 N–H and O–H groups in total. The van der Waals surface area contributed by atoms with Crippen molar-refractivity contribution in [2.75, 3.05) is 4.90 Å². The van der Waals surface area contributed by atoms with Crippen LogP contribution in [0, 0.1) is 0 Å². The predicted molar refractivity (Wildman–Crippen MR) is 266 cm³/mol. The van der Waals surface area contributed by atoms with Gasteiger partial charge in [-0.05, 0) is 0 Å². The molecule has 9 aromatic carbocycles. The number of rotatable bonds is 7. The summed E-state index contributed by atoms with van der Waals surface area (Å²) in [6.07, 6.45) is 0. The molecule has 0 amide bonds. The predicted octanol–water partition coefficient (Wildman–Crippen LogP) is 15.4. The van der Waals surface area contributed by atoms with Crippen molar-refractivity contribution in [1.82, 2.24) is 9.55 Å². The summed E-state index contributed by atoms with van der Waals surface area (Å²) < 4.78 is 2.33. The number of benzene rings is 9. The van der Waals surface area contributed by atoms with Crippen LogP contribution in [0.2, 0.25) is 0 Å². The molecule has 0 spiro atoms. The third-order valence-electron chi connectivity index (χ3n) is 13.2. The molecule has 1 aliphatic rings. The zero-order valence-corrected chi connectivity index (χ0v) is 35.2. The third kappa shape index (κ3) is 5.97. The first kappa shape index (κ1) is 37.0. The van der Waals surface area contributed by atoms with Crippen LogP contribution < -0.4 is 4.90 Å². The fraction of sp³-hybridized carbons (Fsp3) is 0.0508. The first-order chi connectivity index (χ1) is 31.0. The van der Waals surface area contributed by atoms with Gasteiger partial charge in [0.2, 0.25) is 0 Å². The molecular weight excluding hydrogens is 761 g/mol. The molecule has 11 aromatic rings. The number of hydrogen-bond donors (Lipinski definition) is 0. The maximum atomic E-state index is 5.58. The molecular formula is C59H42BN3. The van der Waals surface area contributed by atoms with Gasteiger partial charge in [0.1, 0.15) is 0 Å². The van der Waals surface area contributed by atoms with E-state index in [0.29, 0.717) is 0 Å². The van der Waals surface area contributed by atoms with E-state index in [2.05, 4.69) is 249 Å². The summed E-state index contributed by atoms with van der Waals surface area (Å²) in [6, 6.07) is 79.1. The quantitative estimate of drug-likeness (QED) is 0.160. The van der Waals surface area contributed by atoms with Crippen molar-refractivity contribution in [3.63, 3.8) is 0 Å². The van der Waals surface area contributed by atoms with Crippen molar-refractivity contribution in [3.05, 3.63) is 230 Å². The van der Waals surface area contributed by atoms with Gasteiger partial charge in [-0.3, -0.25) is 0 Å². The van der Waals surface area contributed by atoms with Crippen LogP contribution in [0.5, 0.6) is 0 Å². The third-order valence-corrected chi connectivity index (χ3v) is 13.2. The summed E-state index contributed by atoms with van der Waals surface area (Å²) in [5.74, 6) is 0. The molecule has 2 aromatic heterocycles. The summed E-state index contributed by atoms with van der Waals surface area (Å²) >= 11 is 0. The summed E-state index contributed by atoms with van der Waals surface area (Å²) in [5.41, 5.74) is 18.4. The number of hydrogen-bond acceptors (Lipinski definition) is 2. The molecule has 63 heavy (non-hydrogen) atoms. The van der Waals surface area contributed by atoms with E-state index >= 15 is 0 Å². The van der Waals surface area contributed by atoms with Crippen LogP contribution in [0.4, 0.5) is 17.1 Å². The van der Waals surface area contributed by atoms with E-state index in [1.165, 1.54) is 55.3 Å². The number of fused-ring (bicyclic) bond motifs is 7. The minimum atomic E-state index is -0.130. The Morgan fingerprint density at radius 3 is 1.86 bits per heavy atom. The van der Waals surface area contributed by atoms with Crippen LogP contribution in [0.3, 0.4) is 0 Å². The topological polar surface area (TPSA) is 21.1 Å². The zero-order valence-electron chi connectivity index (χ0n) is 35.2. The Bertz CT molecular complexity index is 3530. The minimum absolute atomic E-state index is 0.130. The number of anilines is 3. The average molecular weight is 804 g/mol. The van der Waals surface area contributed by atoms with Crippen LogP contribution in [-0.2, 0) is 5.41 Å². The molecule has 2 heterocycles. The summed E-state index contributed by atoms with van der Waals surface area (Å²) in [6.45, 7) is 6.94. The summed E-state index contributed by atoms with van der Waals surface area (Å²) in [7, 11) is 0. The summed E-state index contributed by atoms with van der Waals surface area (Å²) in [5, 5.41) is 4.68. The first-order valence-electron chi connectivity index (χ1n) is 21.8. The number of aromatic nitrogens is 2. The molecule has 0 bridgehead atoms. The average Bonchev–Trinajstić information content (AvgIpc) is 3.80. The standard InChI is InChI=1S/C59H42BN3/c1-59(2)49-26-13-9-24-46(49)56-50(59)27-17-31-55(56)62(52-29-15-11-22-44(52)40-20-7-4-8-21-40)43-35-32-41(33-36-43)57-47-25-10-14-28-51(47)60-58(61-57)63-53-30-16-12-23-45(53)48-38-42(34-37-54(48)63)39-18-5-3-6-19-39/h3-38H,1-2H3. The van der Waals surface area contributed by atoms with E-state index < -0.39 is 0 Å². The van der Waals surface area contributed by atoms with Crippen LogP contribution in [0.25, 0.3) is 82.8 Å². The van der Waals surface area contributed by atoms with Crippen molar-refractivity contribution in [1.29, 1.82) is 0 Å². The Morgan fingerprint density at radius 2 is 1.05 bits per heavy atom. The molecule has 0 saturated carbocycles. The molecule has 296 valence electrons. The molecule has 0 saturated heterocycles. The van der Waals surface area contributed by atoms with Crippen LogP contribution in [0.1, 0.15) is 25.0 Å². The SMILES string of the molecule is CC1(C)c2ccccc2-c2c(N(c3ccc(-c4nc(-n5c6ccccc6c6cc(-c7ccccc7)ccc65)bc5ccccc45)cc3)c3ccccc3-c3ccccc3)cccc21. The molecule has 0 unspecified atom stereocenters. The molecule has 3 nitrogen and oxygen atoms in total. The fourth-order valence-corrected chi connectivity index (χ4v) is 10.2. The fourth-order valence-electron chi connectivity index (χ4n) is 10.2. The van der Waals surface area contributed by atoms with Crippen molar-refractivity contribution in [2.24, 2.45) is 0 Å². The van der Waals surface area contributed by atoms with Crippen molar-refractivity contribution in [3.8, 4) is 50.4 Å². The molecule has 0 radical (unpaired) electrons. The van der Waals surface area contributed by atoms with E-state index in [9.17, 15) is 0 Å². The van der Waals surface area contributed by atoms with Gasteiger partial charge in [-0.1, -0.05) is 50.2 Å².